The van der Waals surface area contributed by atoms with Crippen molar-refractivity contribution >= 4 is 23.4 Å². The van der Waals surface area contributed by atoms with Crippen LogP contribution < -0.4 is 16.0 Å². The van der Waals surface area contributed by atoms with Crippen LogP contribution in [0.15, 0.2) is 48.5 Å². The zero-order valence-electron chi connectivity index (χ0n) is 15.1. The number of aryl methyl sites for hydroxylation is 1. The molecule has 2 aromatic rings. The van der Waals surface area contributed by atoms with Crippen LogP contribution in [0, 0.1) is 6.92 Å². The summed E-state index contributed by atoms with van der Waals surface area (Å²) in [7, 11) is 0. The first-order valence-electron chi connectivity index (χ1n) is 8.42. The van der Waals surface area contributed by atoms with E-state index in [1.54, 1.807) is 24.3 Å². The van der Waals surface area contributed by atoms with E-state index in [9.17, 15) is 14.4 Å². The van der Waals surface area contributed by atoms with Crippen molar-refractivity contribution in [3.8, 4) is 0 Å². The maximum Gasteiger partial charge on any atom is 0.313 e. The van der Waals surface area contributed by atoms with Crippen molar-refractivity contribution in [3.63, 3.8) is 0 Å². The highest BCUT2D eigenvalue weighted by Crippen LogP contribution is 2.15. The molecule has 0 spiro atoms. The first-order valence-corrected chi connectivity index (χ1v) is 8.42. The lowest BCUT2D eigenvalue weighted by Crippen LogP contribution is -2.36. The van der Waals surface area contributed by atoms with Crippen LogP contribution in [0.4, 0.5) is 5.69 Å². The first kappa shape index (κ1) is 19.2. The van der Waals surface area contributed by atoms with Gasteiger partial charge in [0.2, 0.25) is 0 Å². The largest absolute Gasteiger partial charge is 0.350 e. The quantitative estimate of drug-likeness (QED) is 0.721. The van der Waals surface area contributed by atoms with Crippen LogP contribution in [-0.4, -0.2) is 23.8 Å². The summed E-state index contributed by atoms with van der Waals surface area (Å²) in [6.45, 7) is 5.88. The van der Waals surface area contributed by atoms with Crippen molar-refractivity contribution in [1.82, 2.24) is 10.6 Å². The van der Waals surface area contributed by atoms with Gasteiger partial charge in [-0.15, -0.1) is 0 Å². The third-order valence-electron chi connectivity index (χ3n) is 3.75. The SMILES string of the molecule is Cc1ccccc1CNC(=O)C(=O)Nc1ccccc1C(=O)NC(C)C. The molecule has 0 aromatic heterocycles. The zero-order chi connectivity index (χ0) is 19.1. The van der Waals surface area contributed by atoms with Crippen LogP contribution in [0.25, 0.3) is 0 Å². The van der Waals surface area contributed by atoms with E-state index < -0.39 is 11.8 Å². The van der Waals surface area contributed by atoms with Crippen molar-refractivity contribution < 1.29 is 14.4 Å². The Labute approximate surface area is 153 Å². The smallest absolute Gasteiger partial charge is 0.313 e. The highest BCUT2D eigenvalue weighted by Gasteiger charge is 2.18. The van der Waals surface area contributed by atoms with E-state index in [0.29, 0.717) is 11.3 Å². The van der Waals surface area contributed by atoms with Gasteiger partial charge >= 0.3 is 11.8 Å². The van der Waals surface area contributed by atoms with Crippen LogP contribution >= 0.6 is 0 Å². The number of hydrogen-bond donors (Lipinski definition) is 3. The third kappa shape index (κ3) is 5.17. The van der Waals surface area contributed by atoms with Gasteiger partial charge in [0.1, 0.15) is 0 Å². The Morgan fingerprint density at radius 3 is 2.27 bits per heavy atom. The van der Waals surface area contributed by atoms with Crippen molar-refractivity contribution in [2.75, 3.05) is 5.32 Å². The summed E-state index contributed by atoms with van der Waals surface area (Å²) in [6.07, 6.45) is 0. The number of hydrogen-bond acceptors (Lipinski definition) is 3. The first-order chi connectivity index (χ1) is 12.4. The van der Waals surface area contributed by atoms with Crippen LogP contribution in [-0.2, 0) is 16.1 Å². The maximum atomic E-state index is 12.2. The minimum Gasteiger partial charge on any atom is -0.350 e. The molecule has 2 rings (SSSR count). The second kappa shape index (κ2) is 8.80. The fourth-order valence-corrected chi connectivity index (χ4v) is 2.37. The van der Waals surface area contributed by atoms with Crippen LogP contribution in [0.1, 0.15) is 35.3 Å². The Hall–Kier alpha value is -3.15. The predicted octanol–water partition coefficient (Wildman–Crippen LogP) is 2.39. The lowest BCUT2D eigenvalue weighted by Gasteiger charge is -2.13. The van der Waals surface area contributed by atoms with Crippen LogP contribution in [0.5, 0.6) is 0 Å². The van der Waals surface area contributed by atoms with Crippen LogP contribution in [0.3, 0.4) is 0 Å². The molecule has 0 saturated heterocycles. The topological polar surface area (TPSA) is 87.3 Å². The number of anilines is 1. The van der Waals surface area contributed by atoms with Crippen LogP contribution in [0.2, 0.25) is 0 Å². The Morgan fingerprint density at radius 1 is 0.923 bits per heavy atom. The Balaban J connectivity index is 2.02. The van der Waals surface area contributed by atoms with Gasteiger partial charge in [-0.3, -0.25) is 14.4 Å². The van der Waals surface area contributed by atoms with E-state index in [1.807, 2.05) is 45.0 Å². The molecular weight excluding hydrogens is 330 g/mol. The summed E-state index contributed by atoms with van der Waals surface area (Å²) < 4.78 is 0. The average molecular weight is 353 g/mol. The number of carbonyl (C=O) groups excluding carboxylic acids is 3. The molecule has 0 fully saturated rings. The molecule has 6 heteroatoms. The van der Waals surface area contributed by atoms with Gasteiger partial charge in [-0.25, -0.2) is 0 Å². The lowest BCUT2D eigenvalue weighted by molar-refractivity contribution is -0.136. The summed E-state index contributed by atoms with van der Waals surface area (Å²) in [4.78, 5) is 36.4. The number of carbonyl (C=O) groups is 3. The Morgan fingerprint density at radius 2 is 1.58 bits per heavy atom. The lowest BCUT2D eigenvalue weighted by atomic mass is 10.1. The van der Waals surface area contributed by atoms with E-state index in [0.717, 1.165) is 11.1 Å². The zero-order valence-corrected chi connectivity index (χ0v) is 15.1. The standard InChI is InChI=1S/C20H23N3O3/c1-13(2)22-18(24)16-10-6-7-11-17(16)23-20(26)19(25)21-12-15-9-5-4-8-14(15)3/h4-11,13H,12H2,1-3H3,(H,21,25)(H,22,24)(H,23,26). The third-order valence-corrected chi connectivity index (χ3v) is 3.75. The second-order valence-electron chi connectivity index (χ2n) is 6.24. The normalized spacial score (nSPS) is 10.3. The molecule has 0 saturated carbocycles. The van der Waals surface area contributed by atoms with E-state index >= 15 is 0 Å². The van der Waals surface area contributed by atoms with Gasteiger partial charge in [0.05, 0.1) is 11.3 Å². The average Bonchev–Trinajstić information content (AvgIpc) is 2.60. The molecule has 0 radical (unpaired) electrons. The molecule has 3 amide bonds. The van der Waals surface area contributed by atoms with E-state index in [4.69, 9.17) is 0 Å². The molecule has 0 aliphatic heterocycles. The minimum atomic E-state index is -0.816. The molecule has 0 aliphatic carbocycles. The van der Waals surface area contributed by atoms with Gasteiger partial charge in [0, 0.05) is 12.6 Å². The number of benzene rings is 2. The Bertz CT molecular complexity index is 815. The minimum absolute atomic E-state index is 0.0383. The van der Waals surface area contributed by atoms with E-state index in [1.165, 1.54) is 0 Å². The van der Waals surface area contributed by atoms with Crippen molar-refractivity contribution in [3.05, 3.63) is 65.2 Å². The molecule has 136 valence electrons. The summed E-state index contributed by atoms with van der Waals surface area (Å²) in [5, 5.41) is 7.86. The number of nitrogens with one attached hydrogen (secondary N) is 3. The highest BCUT2D eigenvalue weighted by molar-refractivity contribution is 6.40. The molecule has 0 bridgehead atoms. The van der Waals surface area contributed by atoms with Crippen molar-refractivity contribution in [2.24, 2.45) is 0 Å². The molecule has 0 atom stereocenters. The van der Waals surface area contributed by atoms with Crippen molar-refractivity contribution in [2.45, 2.75) is 33.4 Å². The molecule has 26 heavy (non-hydrogen) atoms. The molecule has 0 heterocycles. The maximum absolute atomic E-state index is 12.2. The van der Waals surface area contributed by atoms with Gasteiger partial charge in [-0.1, -0.05) is 36.4 Å². The summed E-state index contributed by atoms with van der Waals surface area (Å²) in [5.74, 6) is -1.88. The molecule has 3 N–H and O–H groups in total. The van der Waals surface area contributed by atoms with Crippen molar-refractivity contribution in [1.29, 1.82) is 0 Å². The fraction of sp³-hybridized carbons (Fsp3) is 0.250. The van der Waals surface area contributed by atoms with Gasteiger partial charge in [0.25, 0.3) is 5.91 Å². The predicted molar refractivity (Wildman–Crippen MR) is 101 cm³/mol. The summed E-state index contributed by atoms with van der Waals surface area (Å²) in [6, 6.07) is 14.1. The molecule has 0 unspecified atom stereocenters. The number of para-hydroxylation sites is 1. The monoisotopic (exact) mass is 353 g/mol. The van der Waals surface area contributed by atoms with Gasteiger partial charge in [0.15, 0.2) is 0 Å². The van der Waals surface area contributed by atoms with Gasteiger partial charge < -0.3 is 16.0 Å². The number of rotatable bonds is 5. The summed E-state index contributed by atoms with van der Waals surface area (Å²) in [5.41, 5.74) is 2.57. The fourth-order valence-electron chi connectivity index (χ4n) is 2.37. The molecule has 2 aromatic carbocycles. The molecule has 6 nitrogen and oxygen atoms in total. The Kier molecular flexibility index (Phi) is 6.49. The second-order valence-corrected chi connectivity index (χ2v) is 6.24. The van der Waals surface area contributed by atoms with Gasteiger partial charge in [-0.2, -0.15) is 0 Å². The number of amides is 3. The summed E-state index contributed by atoms with van der Waals surface area (Å²) >= 11 is 0. The van der Waals surface area contributed by atoms with E-state index in [-0.39, 0.29) is 18.5 Å². The molecule has 0 aliphatic rings. The van der Waals surface area contributed by atoms with Gasteiger partial charge in [-0.05, 0) is 44.0 Å². The molecular formula is C20H23N3O3. The highest BCUT2D eigenvalue weighted by atomic mass is 16.2. The van der Waals surface area contributed by atoms with E-state index in [2.05, 4.69) is 16.0 Å².